The van der Waals surface area contributed by atoms with E-state index in [4.69, 9.17) is 4.74 Å². The molecule has 1 fully saturated rings. The summed E-state index contributed by atoms with van der Waals surface area (Å²) in [6.07, 6.45) is 1.85. The van der Waals surface area contributed by atoms with E-state index in [9.17, 15) is 0 Å². The SMILES string of the molecule is COc1ccc(CNN2CCN(C)CC2)cn1. The fraction of sp³-hybridized carbons (Fsp3) is 0.583. The molecule has 2 heterocycles. The highest BCUT2D eigenvalue weighted by Crippen LogP contribution is 2.06. The molecule has 0 bridgehead atoms. The molecular weight excluding hydrogens is 216 g/mol. The van der Waals surface area contributed by atoms with Crippen LogP contribution in [-0.2, 0) is 6.54 Å². The van der Waals surface area contributed by atoms with Crippen LogP contribution >= 0.6 is 0 Å². The zero-order valence-electron chi connectivity index (χ0n) is 10.5. The smallest absolute Gasteiger partial charge is 0.212 e. The van der Waals surface area contributed by atoms with E-state index >= 15 is 0 Å². The first kappa shape index (κ1) is 12.3. The van der Waals surface area contributed by atoms with Crippen molar-refractivity contribution in [2.45, 2.75) is 6.54 Å². The Bertz CT molecular complexity index is 333. The topological polar surface area (TPSA) is 40.6 Å². The number of hydrazine groups is 1. The van der Waals surface area contributed by atoms with E-state index in [-0.39, 0.29) is 0 Å². The number of likely N-dealkylation sites (N-methyl/N-ethyl adjacent to an activating group) is 1. The number of nitrogens with one attached hydrogen (secondary N) is 1. The van der Waals surface area contributed by atoms with Crippen LogP contribution in [0.3, 0.4) is 0 Å². The molecular formula is C12H20N4O. The van der Waals surface area contributed by atoms with Gasteiger partial charge in [-0.1, -0.05) is 6.07 Å². The summed E-state index contributed by atoms with van der Waals surface area (Å²) in [7, 11) is 3.79. The van der Waals surface area contributed by atoms with Crippen LogP contribution in [0.15, 0.2) is 18.3 Å². The standard InChI is InChI=1S/C12H20N4O/c1-15-5-7-16(8-6-15)14-10-11-3-4-12(17-2)13-9-11/h3-4,9,14H,5-8,10H2,1-2H3. The molecule has 0 atom stereocenters. The highest BCUT2D eigenvalue weighted by molar-refractivity contribution is 5.17. The second-order valence-electron chi connectivity index (χ2n) is 4.33. The van der Waals surface area contributed by atoms with Crippen molar-refractivity contribution in [3.63, 3.8) is 0 Å². The van der Waals surface area contributed by atoms with Crippen molar-refractivity contribution in [1.82, 2.24) is 20.3 Å². The number of ether oxygens (including phenoxy) is 1. The van der Waals surface area contributed by atoms with Crippen molar-refractivity contribution in [3.8, 4) is 5.88 Å². The first-order valence-electron chi connectivity index (χ1n) is 5.94. The van der Waals surface area contributed by atoms with Crippen LogP contribution in [0, 0.1) is 0 Å². The fourth-order valence-corrected chi connectivity index (χ4v) is 1.80. The van der Waals surface area contributed by atoms with Gasteiger partial charge in [0.1, 0.15) is 0 Å². The second kappa shape index (κ2) is 5.95. The van der Waals surface area contributed by atoms with E-state index < -0.39 is 0 Å². The quantitative estimate of drug-likeness (QED) is 0.816. The minimum Gasteiger partial charge on any atom is -0.481 e. The van der Waals surface area contributed by atoms with Crippen molar-refractivity contribution in [2.75, 3.05) is 40.3 Å². The predicted octanol–water partition coefficient (Wildman–Crippen LogP) is 0.342. The lowest BCUT2D eigenvalue weighted by molar-refractivity contribution is 0.102. The van der Waals surface area contributed by atoms with Gasteiger partial charge in [-0.05, 0) is 12.6 Å². The summed E-state index contributed by atoms with van der Waals surface area (Å²) in [4.78, 5) is 6.52. The number of hydrogen-bond donors (Lipinski definition) is 1. The third-order valence-electron chi connectivity index (χ3n) is 3.02. The van der Waals surface area contributed by atoms with Gasteiger partial charge in [-0.25, -0.2) is 9.99 Å². The minimum atomic E-state index is 0.661. The number of piperazine rings is 1. The average Bonchev–Trinajstić information content (AvgIpc) is 2.39. The van der Waals surface area contributed by atoms with Gasteiger partial charge in [0.2, 0.25) is 5.88 Å². The molecule has 0 saturated carbocycles. The van der Waals surface area contributed by atoms with Crippen LogP contribution in [0.1, 0.15) is 5.56 Å². The van der Waals surface area contributed by atoms with E-state index in [1.54, 1.807) is 7.11 Å². The van der Waals surface area contributed by atoms with Gasteiger partial charge in [0.15, 0.2) is 0 Å². The molecule has 1 aliphatic rings. The first-order chi connectivity index (χ1) is 8.28. The third kappa shape index (κ3) is 3.66. The van der Waals surface area contributed by atoms with Gasteiger partial charge in [-0.2, -0.15) is 0 Å². The Labute approximate surface area is 102 Å². The summed E-state index contributed by atoms with van der Waals surface area (Å²) in [5.74, 6) is 0.661. The second-order valence-corrected chi connectivity index (χ2v) is 4.33. The van der Waals surface area contributed by atoms with Crippen molar-refractivity contribution in [3.05, 3.63) is 23.9 Å². The molecule has 94 valence electrons. The van der Waals surface area contributed by atoms with Crippen LogP contribution < -0.4 is 10.2 Å². The van der Waals surface area contributed by atoms with E-state index in [2.05, 4.69) is 27.4 Å². The van der Waals surface area contributed by atoms with Crippen molar-refractivity contribution in [2.24, 2.45) is 0 Å². The third-order valence-corrected chi connectivity index (χ3v) is 3.02. The summed E-state index contributed by atoms with van der Waals surface area (Å²) in [5.41, 5.74) is 4.59. The van der Waals surface area contributed by atoms with Gasteiger partial charge in [0.25, 0.3) is 0 Å². The first-order valence-corrected chi connectivity index (χ1v) is 5.94. The summed E-state index contributed by atoms with van der Waals surface area (Å²) in [5, 5.41) is 2.27. The molecule has 1 N–H and O–H groups in total. The number of nitrogens with zero attached hydrogens (tertiary/aromatic N) is 3. The molecule has 17 heavy (non-hydrogen) atoms. The summed E-state index contributed by atoms with van der Waals surface area (Å²) >= 11 is 0. The molecule has 1 aromatic rings. The maximum absolute atomic E-state index is 5.03. The molecule has 2 rings (SSSR count). The highest BCUT2D eigenvalue weighted by Gasteiger charge is 2.12. The molecule has 0 radical (unpaired) electrons. The molecule has 0 spiro atoms. The summed E-state index contributed by atoms with van der Waals surface area (Å²) in [6, 6.07) is 3.93. The molecule has 0 unspecified atom stereocenters. The lowest BCUT2D eigenvalue weighted by atomic mass is 10.3. The Morgan fingerprint density at radius 3 is 2.65 bits per heavy atom. The van der Waals surface area contributed by atoms with Gasteiger partial charge in [-0.15, -0.1) is 0 Å². The Balaban J connectivity index is 1.77. The molecule has 1 saturated heterocycles. The normalized spacial score (nSPS) is 18.2. The lowest BCUT2D eigenvalue weighted by Gasteiger charge is -2.32. The molecule has 1 aliphatic heterocycles. The number of rotatable bonds is 4. The Hall–Kier alpha value is -1.17. The molecule has 1 aromatic heterocycles. The van der Waals surface area contributed by atoms with Crippen LogP contribution in [-0.4, -0.2) is 55.2 Å². The predicted molar refractivity (Wildman–Crippen MR) is 66.7 cm³/mol. The van der Waals surface area contributed by atoms with Gasteiger partial charge >= 0.3 is 0 Å². The van der Waals surface area contributed by atoms with Gasteiger partial charge in [-0.3, -0.25) is 5.43 Å². The molecule has 5 nitrogen and oxygen atoms in total. The number of hydrogen-bond acceptors (Lipinski definition) is 5. The van der Waals surface area contributed by atoms with Crippen molar-refractivity contribution >= 4 is 0 Å². The van der Waals surface area contributed by atoms with E-state index in [0.717, 1.165) is 32.7 Å². The van der Waals surface area contributed by atoms with Crippen LogP contribution in [0.25, 0.3) is 0 Å². The van der Waals surface area contributed by atoms with Crippen molar-refractivity contribution in [1.29, 1.82) is 0 Å². The van der Waals surface area contributed by atoms with Crippen LogP contribution in [0.5, 0.6) is 5.88 Å². The number of aromatic nitrogens is 1. The lowest BCUT2D eigenvalue weighted by Crippen LogP contribution is -2.50. The van der Waals surface area contributed by atoms with Gasteiger partial charge < -0.3 is 9.64 Å². The average molecular weight is 236 g/mol. The van der Waals surface area contributed by atoms with E-state index in [0.29, 0.717) is 5.88 Å². The number of pyridine rings is 1. The number of methoxy groups -OCH3 is 1. The fourth-order valence-electron chi connectivity index (χ4n) is 1.80. The zero-order valence-corrected chi connectivity index (χ0v) is 10.5. The van der Waals surface area contributed by atoms with E-state index in [1.165, 1.54) is 5.56 Å². The zero-order chi connectivity index (χ0) is 12.1. The largest absolute Gasteiger partial charge is 0.481 e. The molecule has 0 aliphatic carbocycles. The Morgan fingerprint density at radius 1 is 1.29 bits per heavy atom. The molecule has 0 aromatic carbocycles. The molecule has 0 amide bonds. The van der Waals surface area contributed by atoms with Gasteiger partial charge in [0, 0.05) is 45.0 Å². The van der Waals surface area contributed by atoms with Crippen LogP contribution in [0.2, 0.25) is 0 Å². The summed E-state index contributed by atoms with van der Waals surface area (Å²) in [6.45, 7) is 5.20. The van der Waals surface area contributed by atoms with Crippen LogP contribution in [0.4, 0.5) is 0 Å². The summed E-state index contributed by atoms with van der Waals surface area (Å²) < 4.78 is 5.03. The highest BCUT2D eigenvalue weighted by atomic mass is 16.5. The Morgan fingerprint density at radius 2 is 2.06 bits per heavy atom. The Kier molecular flexibility index (Phi) is 4.30. The monoisotopic (exact) mass is 236 g/mol. The maximum Gasteiger partial charge on any atom is 0.212 e. The van der Waals surface area contributed by atoms with Crippen molar-refractivity contribution < 1.29 is 4.74 Å². The van der Waals surface area contributed by atoms with Gasteiger partial charge in [0.05, 0.1) is 7.11 Å². The minimum absolute atomic E-state index is 0.661. The molecule has 5 heteroatoms. The van der Waals surface area contributed by atoms with E-state index in [1.807, 2.05) is 18.3 Å². The maximum atomic E-state index is 5.03.